The number of anilines is 1. The molecule has 2 amide bonds. The van der Waals surface area contributed by atoms with Crippen molar-refractivity contribution in [2.75, 3.05) is 25.5 Å². The van der Waals surface area contributed by atoms with Crippen molar-refractivity contribution in [3.05, 3.63) is 54.1 Å². The Kier molecular flexibility index (Phi) is 6.75. The highest BCUT2D eigenvalue weighted by Gasteiger charge is 2.22. The van der Waals surface area contributed by atoms with Crippen LogP contribution in [0.1, 0.15) is 37.0 Å². The fraction of sp³-hybridized carbons (Fsp3) is 0.391. The van der Waals surface area contributed by atoms with Gasteiger partial charge < -0.3 is 19.7 Å². The van der Waals surface area contributed by atoms with E-state index in [-0.39, 0.29) is 11.8 Å². The lowest BCUT2D eigenvalue weighted by Gasteiger charge is -2.30. The zero-order chi connectivity index (χ0) is 20.8. The number of ether oxygens (including phenoxy) is 2. The molecule has 0 aliphatic carbocycles. The monoisotopic (exact) mass is 396 g/mol. The average molecular weight is 396 g/mol. The van der Waals surface area contributed by atoms with Gasteiger partial charge in [-0.3, -0.25) is 9.59 Å². The highest BCUT2D eigenvalue weighted by atomic mass is 16.5. The smallest absolute Gasteiger partial charge is 0.265 e. The minimum absolute atomic E-state index is 0.00585. The fourth-order valence-electron chi connectivity index (χ4n) is 3.33. The summed E-state index contributed by atoms with van der Waals surface area (Å²) in [6.07, 6.45) is 1.33. The molecule has 1 fully saturated rings. The Hall–Kier alpha value is -3.02. The van der Waals surface area contributed by atoms with Crippen molar-refractivity contribution in [1.29, 1.82) is 0 Å². The molecule has 1 aliphatic rings. The number of nitrogens with one attached hydrogen (secondary N) is 1. The van der Waals surface area contributed by atoms with Gasteiger partial charge in [0.05, 0.1) is 7.11 Å². The van der Waals surface area contributed by atoms with Crippen LogP contribution in [-0.2, 0) is 4.79 Å². The molecule has 29 heavy (non-hydrogen) atoms. The summed E-state index contributed by atoms with van der Waals surface area (Å²) in [5, 5.41) is 2.83. The van der Waals surface area contributed by atoms with E-state index in [1.54, 1.807) is 50.4 Å². The molecule has 2 aromatic carbocycles. The standard InChI is InChI=1S/C23H28N2O4/c1-16-11-13-25(14-12-16)23(27)18-7-6-8-19(15-18)24-22(26)17(2)29-21-10-5-4-9-20(21)28-3/h4-10,15-17H,11-14H2,1-3H3,(H,24,26)/t17-/m0/s1. The lowest BCUT2D eigenvalue weighted by molar-refractivity contribution is -0.122. The zero-order valence-electron chi connectivity index (χ0n) is 17.2. The van der Waals surface area contributed by atoms with Crippen LogP contribution in [0.15, 0.2) is 48.5 Å². The topological polar surface area (TPSA) is 67.9 Å². The molecule has 1 heterocycles. The van der Waals surface area contributed by atoms with Gasteiger partial charge in [-0.2, -0.15) is 0 Å². The van der Waals surface area contributed by atoms with E-state index in [9.17, 15) is 9.59 Å². The first-order chi connectivity index (χ1) is 14.0. The van der Waals surface area contributed by atoms with Gasteiger partial charge >= 0.3 is 0 Å². The molecular formula is C23H28N2O4. The van der Waals surface area contributed by atoms with E-state index in [1.807, 2.05) is 17.0 Å². The van der Waals surface area contributed by atoms with Gasteiger partial charge in [0.2, 0.25) is 0 Å². The lowest BCUT2D eigenvalue weighted by Crippen LogP contribution is -2.38. The molecule has 6 heteroatoms. The van der Waals surface area contributed by atoms with Crippen molar-refractivity contribution in [1.82, 2.24) is 4.90 Å². The largest absolute Gasteiger partial charge is 0.493 e. The number of amides is 2. The first kappa shape index (κ1) is 20.7. The summed E-state index contributed by atoms with van der Waals surface area (Å²) in [6, 6.07) is 14.2. The second-order valence-electron chi connectivity index (χ2n) is 7.46. The van der Waals surface area contributed by atoms with E-state index in [4.69, 9.17) is 9.47 Å². The molecule has 2 aromatic rings. The fourth-order valence-corrected chi connectivity index (χ4v) is 3.33. The first-order valence-corrected chi connectivity index (χ1v) is 9.98. The molecular weight excluding hydrogens is 368 g/mol. The normalized spacial score (nSPS) is 15.5. The minimum atomic E-state index is -0.728. The zero-order valence-corrected chi connectivity index (χ0v) is 17.2. The molecule has 1 N–H and O–H groups in total. The van der Waals surface area contributed by atoms with E-state index < -0.39 is 6.10 Å². The van der Waals surface area contributed by atoms with E-state index in [0.29, 0.717) is 28.7 Å². The van der Waals surface area contributed by atoms with Crippen LogP contribution in [0.5, 0.6) is 11.5 Å². The Labute approximate surface area is 171 Å². The van der Waals surface area contributed by atoms with Gasteiger partial charge in [0.25, 0.3) is 11.8 Å². The molecule has 0 saturated carbocycles. The molecule has 1 atom stereocenters. The summed E-state index contributed by atoms with van der Waals surface area (Å²) in [5.41, 5.74) is 1.15. The number of benzene rings is 2. The van der Waals surface area contributed by atoms with Crippen LogP contribution in [0.3, 0.4) is 0 Å². The Balaban J connectivity index is 1.63. The van der Waals surface area contributed by atoms with Crippen molar-refractivity contribution in [3.8, 4) is 11.5 Å². The van der Waals surface area contributed by atoms with Crippen molar-refractivity contribution < 1.29 is 19.1 Å². The SMILES string of the molecule is COc1ccccc1O[C@@H](C)C(=O)Nc1cccc(C(=O)N2CCC(C)CC2)c1. The number of nitrogens with zero attached hydrogens (tertiary/aromatic N) is 1. The Morgan fingerprint density at radius 1 is 1.07 bits per heavy atom. The maximum atomic E-state index is 12.8. The third-order valence-electron chi connectivity index (χ3n) is 5.19. The van der Waals surface area contributed by atoms with Gasteiger partial charge in [-0.05, 0) is 56.0 Å². The average Bonchev–Trinajstić information content (AvgIpc) is 2.74. The van der Waals surface area contributed by atoms with Crippen LogP contribution in [0.4, 0.5) is 5.69 Å². The quantitative estimate of drug-likeness (QED) is 0.802. The predicted octanol–water partition coefficient (Wildman–Crippen LogP) is 3.97. The number of carbonyl (C=O) groups excluding carboxylic acids is 2. The Morgan fingerprint density at radius 3 is 2.45 bits per heavy atom. The second kappa shape index (κ2) is 9.45. The van der Waals surface area contributed by atoms with Crippen LogP contribution >= 0.6 is 0 Å². The number of carbonyl (C=O) groups is 2. The Morgan fingerprint density at radius 2 is 1.76 bits per heavy atom. The molecule has 1 saturated heterocycles. The van der Waals surface area contributed by atoms with Gasteiger partial charge in [-0.1, -0.05) is 25.1 Å². The maximum absolute atomic E-state index is 12.8. The highest BCUT2D eigenvalue weighted by Crippen LogP contribution is 2.27. The molecule has 6 nitrogen and oxygen atoms in total. The lowest BCUT2D eigenvalue weighted by atomic mass is 9.98. The molecule has 3 rings (SSSR count). The molecule has 0 aromatic heterocycles. The third kappa shape index (κ3) is 5.28. The van der Waals surface area contributed by atoms with Crippen LogP contribution in [0.25, 0.3) is 0 Å². The molecule has 1 aliphatic heterocycles. The predicted molar refractivity (Wildman–Crippen MR) is 112 cm³/mol. The number of likely N-dealkylation sites (tertiary alicyclic amines) is 1. The van der Waals surface area contributed by atoms with Crippen molar-refractivity contribution in [2.24, 2.45) is 5.92 Å². The van der Waals surface area contributed by atoms with Crippen LogP contribution in [0.2, 0.25) is 0 Å². The van der Waals surface area contributed by atoms with Crippen molar-refractivity contribution in [2.45, 2.75) is 32.8 Å². The molecule has 0 spiro atoms. The molecule has 154 valence electrons. The second-order valence-corrected chi connectivity index (χ2v) is 7.46. The molecule has 0 bridgehead atoms. The van der Waals surface area contributed by atoms with Gasteiger partial charge in [0.15, 0.2) is 17.6 Å². The van der Waals surface area contributed by atoms with E-state index >= 15 is 0 Å². The summed E-state index contributed by atoms with van der Waals surface area (Å²) in [6.45, 7) is 5.44. The van der Waals surface area contributed by atoms with Gasteiger partial charge in [-0.15, -0.1) is 0 Å². The van der Waals surface area contributed by atoms with E-state index in [2.05, 4.69) is 12.2 Å². The summed E-state index contributed by atoms with van der Waals surface area (Å²) in [7, 11) is 1.55. The minimum Gasteiger partial charge on any atom is -0.493 e. The van der Waals surface area contributed by atoms with Crippen LogP contribution in [-0.4, -0.2) is 43.0 Å². The molecule has 0 radical (unpaired) electrons. The molecule has 0 unspecified atom stereocenters. The summed E-state index contributed by atoms with van der Waals surface area (Å²) < 4.78 is 11.0. The van der Waals surface area contributed by atoms with Crippen molar-refractivity contribution in [3.63, 3.8) is 0 Å². The number of hydrogen-bond acceptors (Lipinski definition) is 4. The maximum Gasteiger partial charge on any atom is 0.265 e. The summed E-state index contributed by atoms with van der Waals surface area (Å²) >= 11 is 0. The third-order valence-corrected chi connectivity index (χ3v) is 5.19. The number of rotatable bonds is 6. The van der Waals surface area contributed by atoms with Gasteiger partial charge in [-0.25, -0.2) is 0 Å². The van der Waals surface area contributed by atoms with Crippen LogP contribution in [0, 0.1) is 5.92 Å². The number of piperidine rings is 1. The van der Waals surface area contributed by atoms with Gasteiger partial charge in [0.1, 0.15) is 0 Å². The number of methoxy groups -OCH3 is 1. The van der Waals surface area contributed by atoms with E-state index in [0.717, 1.165) is 25.9 Å². The van der Waals surface area contributed by atoms with Gasteiger partial charge in [0, 0.05) is 24.3 Å². The first-order valence-electron chi connectivity index (χ1n) is 9.98. The number of hydrogen-bond donors (Lipinski definition) is 1. The Bertz CT molecular complexity index is 859. The summed E-state index contributed by atoms with van der Waals surface area (Å²) in [4.78, 5) is 27.2. The highest BCUT2D eigenvalue weighted by molar-refractivity contribution is 5.98. The van der Waals surface area contributed by atoms with Crippen molar-refractivity contribution >= 4 is 17.5 Å². The number of para-hydroxylation sites is 2. The summed E-state index contributed by atoms with van der Waals surface area (Å²) in [5.74, 6) is 1.43. The van der Waals surface area contributed by atoms with Crippen LogP contribution < -0.4 is 14.8 Å². The van der Waals surface area contributed by atoms with E-state index in [1.165, 1.54) is 0 Å².